The summed E-state index contributed by atoms with van der Waals surface area (Å²) in [5.41, 5.74) is 2.97. The van der Waals surface area contributed by atoms with Gasteiger partial charge in [0.2, 0.25) is 35.4 Å². The fourth-order valence-electron chi connectivity index (χ4n) is 5.28. The Hall–Kier alpha value is -5.52. The maximum Gasteiger partial charge on any atom is 0.244 e. The standard InChI is InChI=1S/C36H42N6O6/c1-42(2)36(48)30-22-26-13-16-27(17-14-26)38-31(43)19-20-32(44)39-28(18-15-24-9-5-3-6-10-24)34(46)37-23-33(45)40-29(35(47)41-30)21-25-11-7-4-8-12-25/h3-14,16-17,28-30H,15,18-23H2,1-2H3,(H,37,46)(H,38,43)(H,39,44)(H,40,45)(H,41,47). The van der Waals surface area contributed by atoms with Crippen LogP contribution >= 0.6 is 0 Å². The van der Waals surface area contributed by atoms with Crippen LogP contribution in [0.25, 0.3) is 0 Å². The zero-order valence-corrected chi connectivity index (χ0v) is 27.2. The summed E-state index contributed by atoms with van der Waals surface area (Å²) < 4.78 is 0. The normalized spacial score (nSPS) is 19.9. The lowest BCUT2D eigenvalue weighted by atomic mass is 10.0. The molecule has 2 aliphatic rings. The first-order chi connectivity index (χ1) is 23.1. The molecule has 0 saturated carbocycles. The van der Waals surface area contributed by atoms with Gasteiger partial charge in [0.15, 0.2) is 0 Å². The van der Waals surface area contributed by atoms with Gasteiger partial charge in [-0.1, -0.05) is 72.8 Å². The highest BCUT2D eigenvalue weighted by molar-refractivity contribution is 5.96. The van der Waals surface area contributed by atoms with Crippen LogP contribution in [0, 0.1) is 0 Å². The van der Waals surface area contributed by atoms with Crippen LogP contribution in [0.5, 0.6) is 0 Å². The number of rotatable bonds is 6. The van der Waals surface area contributed by atoms with Crippen LogP contribution < -0.4 is 26.6 Å². The number of carbonyl (C=O) groups is 6. The summed E-state index contributed by atoms with van der Waals surface area (Å²) in [5.74, 6) is -2.98. The van der Waals surface area contributed by atoms with Crippen molar-refractivity contribution in [3.05, 3.63) is 102 Å². The van der Waals surface area contributed by atoms with E-state index in [4.69, 9.17) is 0 Å². The van der Waals surface area contributed by atoms with Crippen LogP contribution in [0.15, 0.2) is 84.9 Å². The molecule has 0 aromatic heterocycles. The highest BCUT2D eigenvalue weighted by Crippen LogP contribution is 2.14. The number of hydrogen-bond donors (Lipinski definition) is 5. The molecular weight excluding hydrogens is 612 g/mol. The van der Waals surface area contributed by atoms with Gasteiger partial charge in [0.25, 0.3) is 0 Å². The molecule has 2 aliphatic heterocycles. The van der Waals surface area contributed by atoms with Gasteiger partial charge in [0.05, 0.1) is 6.54 Å². The van der Waals surface area contributed by atoms with E-state index in [2.05, 4.69) is 26.6 Å². The Morgan fingerprint density at radius 1 is 0.688 bits per heavy atom. The number of fused-ring (bicyclic) bond motifs is 18. The van der Waals surface area contributed by atoms with Gasteiger partial charge in [-0.05, 0) is 41.7 Å². The number of benzene rings is 3. The van der Waals surface area contributed by atoms with Gasteiger partial charge < -0.3 is 31.5 Å². The monoisotopic (exact) mass is 654 g/mol. The largest absolute Gasteiger partial charge is 0.347 e. The Kier molecular flexibility index (Phi) is 12.8. The van der Waals surface area contributed by atoms with Crippen LogP contribution in [0.2, 0.25) is 0 Å². The third-order valence-electron chi connectivity index (χ3n) is 7.89. The van der Waals surface area contributed by atoms with E-state index in [0.29, 0.717) is 12.1 Å². The van der Waals surface area contributed by atoms with Crippen LogP contribution in [0.1, 0.15) is 36.0 Å². The number of nitrogens with zero attached hydrogens (tertiary/aromatic N) is 1. The second kappa shape index (κ2) is 17.4. The molecule has 0 fully saturated rings. The van der Waals surface area contributed by atoms with Gasteiger partial charge in [-0.3, -0.25) is 28.8 Å². The molecule has 48 heavy (non-hydrogen) atoms. The van der Waals surface area contributed by atoms with Crippen LogP contribution in [0.3, 0.4) is 0 Å². The zero-order valence-electron chi connectivity index (χ0n) is 27.2. The highest BCUT2D eigenvalue weighted by atomic mass is 16.2. The molecule has 5 rings (SSSR count). The zero-order chi connectivity index (χ0) is 34.5. The molecular formula is C36H42N6O6. The predicted octanol–water partition coefficient (Wildman–Crippen LogP) is 1.50. The molecule has 0 radical (unpaired) electrons. The topological polar surface area (TPSA) is 166 Å². The van der Waals surface area contributed by atoms with Crippen molar-refractivity contribution in [1.29, 1.82) is 0 Å². The molecule has 2 bridgehead atoms. The Labute approximate surface area is 280 Å². The maximum atomic E-state index is 13.7. The Morgan fingerprint density at radius 3 is 1.94 bits per heavy atom. The number of hydrogen-bond acceptors (Lipinski definition) is 6. The number of anilines is 1. The molecule has 2 heterocycles. The maximum absolute atomic E-state index is 13.7. The summed E-state index contributed by atoms with van der Waals surface area (Å²) in [7, 11) is 3.18. The molecule has 12 nitrogen and oxygen atoms in total. The van der Waals surface area contributed by atoms with Crippen molar-refractivity contribution < 1.29 is 28.8 Å². The molecule has 252 valence electrons. The average Bonchev–Trinajstić information content (AvgIpc) is 3.08. The Balaban J connectivity index is 1.59. The molecule has 0 spiro atoms. The van der Waals surface area contributed by atoms with E-state index in [0.717, 1.165) is 16.7 Å². The molecule has 12 heteroatoms. The Morgan fingerprint density at radius 2 is 1.29 bits per heavy atom. The van der Waals surface area contributed by atoms with E-state index >= 15 is 0 Å². The van der Waals surface area contributed by atoms with Gasteiger partial charge in [0.1, 0.15) is 18.1 Å². The summed E-state index contributed by atoms with van der Waals surface area (Å²) in [6.07, 6.45) is 0.763. The van der Waals surface area contributed by atoms with Gasteiger partial charge in [-0.15, -0.1) is 0 Å². The Bertz CT molecular complexity index is 1580. The fraction of sp³-hybridized carbons (Fsp3) is 0.333. The molecule has 3 aromatic carbocycles. The molecule has 0 aliphatic carbocycles. The van der Waals surface area contributed by atoms with E-state index < -0.39 is 48.3 Å². The lowest BCUT2D eigenvalue weighted by molar-refractivity contribution is -0.135. The second-order valence-corrected chi connectivity index (χ2v) is 11.9. The van der Waals surface area contributed by atoms with Gasteiger partial charge in [-0.25, -0.2) is 0 Å². The first-order valence-corrected chi connectivity index (χ1v) is 15.9. The minimum absolute atomic E-state index is 0.114. The van der Waals surface area contributed by atoms with Gasteiger partial charge in [0, 0.05) is 45.5 Å². The second-order valence-electron chi connectivity index (χ2n) is 11.9. The smallest absolute Gasteiger partial charge is 0.244 e. The van der Waals surface area contributed by atoms with Crippen LogP contribution in [-0.4, -0.2) is 79.1 Å². The number of aryl methyl sites for hydroxylation is 1. The predicted molar refractivity (Wildman–Crippen MR) is 180 cm³/mol. The number of amides is 6. The number of nitrogens with one attached hydrogen (secondary N) is 5. The molecule has 6 amide bonds. The molecule has 5 N–H and O–H groups in total. The summed E-state index contributed by atoms with van der Waals surface area (Å²) in [6, 6.07) is 22.4. The van der Waals surface area contributed by atoms with Crippen molar-refractivity contribution in [1.82, 2.24) is 26.2 Å². The van der Waals surface area contributed by atoms with Crippen LogP contribution in [-0.2, 0) is 48.0 Å². The lowest BCUT2D eigenvalue weighted by Crippen LogP contribution is -2.56. The average molecular weight is 655 g/mol. The molecule has 0 saturated heterocycles. The van der Waals surface area contributed by atoms with Gasteiger partial charge >= 0.3 is 0 Å². The summed E-state index contributed by atoms with van der Waals surface area (Å²) in [5, 5.41) is 13.6. The lowest BCUT2D eigenvalue weighted by Gasteiger charge is -2.25. The van der Waals surface area contributed by atoms with E-state index in [1.165, 1.54) is 4.90 Å². The van der Waals surface area contributed by atoms with Crippen molar-refractivity contribution in [3.63, 3.8) is 0 Å². The van der Waals surface area contributed by atoms with Crippen molar-refractivity contribution in [2.24, 2.45) is 0 Å². The minimum Gasteiger partial charge on any atom is -0.347 e. The first kappa shape index (κ1) is 35.3. The SMILES string of the molecule is CN(C)C(=O)C1Cc2ccc(cc2)NC(=O)CCC(=O)NC(CCc2ccccc2)C(=O)NCC(=O)NC(Cc2ccccc2)C(=O)N1. The number of carbonyl (C=O) groups excluding carboxylic acids is 6. The summed E-state index contributed by atoms with van der Waals surface area (Å²) >= 11 is 0. The highest BCUT2D eigenvalue weighted by Gasteiger charge is 2.29. The third kappa shape index (κ3) is 11.1. The van der Waals surface area contributed by atoms with Crippen molar-refractivity contribution in [2.45, 2.75) is 56.7 Å². The number of likely N-dealkylation sites (N-methyl/N-ethyl adjacent to an activating group) is 1. The van der Waals surface area contributed by atoms with Crippen molar-refractivity contribution in [3.8, 4) is 0 Å². The van der Waals surface area contributed by atoms with E-state index in [-0.39, 0.29) is 43.9 Å². The molecule has 3 aromatic rings. The van der Waals surface area contributed by atoms with Crippen LogP contribution in [0.4, 0.5) is 5.69 Å². The third-order valence-corrected chi connectivity index (χ3v) is 7.89. The van der Waals surface area contributed by atoms with E-state index in [1.807, 2.05) is 60.7 Å². The molecule has 3 unspecified atom stereocenters. The molecule has 3 atom stereocenters. The van der Waals surface area contributed by atoms with Crippen molar-refractivity contribution in [2.75, 3.05) is 26.0 Å². The summed E-state index contributed by atoms with van der Waals surface area (Å²) in [4.78, 5) is 80.2. The van der Waals surface area contributed by atoms with E-state index in [9.17, 15) is 28.8 Å². The van der Waals surface area contributed by atoms with Crippen molar-refractivity contribution >= 4 is 41.1 Å². The van der Waals surface area contributed by atoms with E-state index in [1.54, 1.807) is 38.4 Å². The fourth-order valence-corrected chi connectivity index (χ4v) is 5.28. The summed E-state index contributed by atoms with van der Waals surface area (Å²) in [6.45, 7) is -0.455. The minimum atomic E-state index is -1.06. The quantitative estimate of drug-likeness (QED) is 0.253. The van der Waals surface area contributed by atoms with Gasteiger partial charge in [-0.2, -0.15) is 0 Å². The first-order valence-electron chi connectivity index (χ1n) is 15.9.